The molecule has 0 spiro atoms. The number of methoxy groups -OCH3 is 1. The van der Waals surface area contributed by atoms with Crippen molar-refractivity contribution in [1.82, 2.24) is 4.72 Å². The van der Waals surface area contributed by atoms with Crippen LogP contribution in [0.5, 0.6) is 5.75 Å². The minimum atomic E-state index is -4.04. The third-order valence-electron chi connectivity index (χ3n) is 3.49. The Kier molecular flexibility index (Phi) is 5.50. The smallest absolute Gasteiger partial charge is 0.269 e. The van der Waals surface area contributed by atoms with Gasteiger partial charge in [0, 0.05) is 12.1 Å². The molecule has 1 N–H and O–H groups in total. The number of carbonyl (C=O) groups is 1. The van der Waals surface area contributed by atoms with Crippen molar-refractivity contribution in [2.24, 2.45) is 0 Å². The summed E-state index contributed by atoms with van der Waals surface area (Å²) in [5.41, 5.74) is 0.232. The molecule has 132 valence electrons. The molecule has 2 aromatic carbocycles. The lowest BCUT2D eigenvalue weighted by molar-refractivity contribution is -0.384. The average Bonchev–Trinajstić information content (AvgIpc) is 2.59. The van der Waals surface area contributed by atoms with Crippen molar-refractivity contribution in [2.45, 2.75) is 17.9 Å². The van der Waals surface area contributed by atoms with Crippen LogP contribution < -0.4 is 9.46 Å². The van der Waals surface area contributed by atoms with Crippen molar-refractivity contribution in [3.63, 3.8) is 0 Å². The summed E-state index contributed by atoms with van der Waals surface area (Å²) in [5.74, 6) is 0.180. The van der Waals surface area contributed by atoms with E-state index in [9.17, 15) is 23.3 Å². The third-order valence-corrected chi connectivity index (χ3v) is 4.93. The summed E-state index contributed by atoms with van der Waals surface area (Å²) >= 11 is 0. The first-order valence-electron chi connectivity index (χ1n) is 7.16. The van der Waals surface area contributed by atoms with Crippen molar-refractivity contribution in [3.05, 3.63) is 64.2 Å². The second-order valence-corrected chi connectivity index (χ2v) is 6.90. The van der Waals surface area contributed by atoms with Gasteiger partial charge < -0.3 is 4.74 Å². The molecule has 25 heavy (non-hydrogen) atoms. The molecule has 9 heteroatoms. The minimum Gasteiger partial charge on any atom is -0.497 e. The van der Waals surface area contributed by atoms with Crippen LogP contribution >= 0.6 is 0 Å². The second-order valence-electron chi connectivity index (χ2n) is 5.19. The molecule has 0 aliphatic carbocycles. The average molecular weight is 364 g/mol. The van der Waals surface area contributed by atoms with Crippen molar-refractivity contribution >= 4 is 21.5 Å². The van der Waals surface area contributed by atoms with E-state index in [1.54, 1.807) is 24.3 Å². The van der Waals surface area contributed by atoms with Gasteiger partial charge in [0.25, 0.3) is 5.69 Å². The first-order chi connectivity index (χ1) is 11.7. The van der Waals surface area contributed by atoms with Crippen LogP contribution in [0, 0.1) is 10.1 Å². The van der Waals surface area contributed by atoms with E-state index >= 15 is 0 Å². The summed E-state index contributed by atoms with van der Waals surface area (Å²) in [5, 5.41) is 10.7. The molecular formula is C16H16N2O6S. The van der Waals surface area contributed by atoms with Crippen LogP contribution in [0.4, 0.5) is 5.69 Å². The van der Waals surface area contributed by atoms with Crippen LogP contribution in [0.3, 0.4) is 0 Å². The molecule has 0 unspecified atom stereocenters. The van der Waals surface area contributed by atoms with E-state index in [1.807, 2.05) is 0 Å². The van der Waals surface area contributed by atoms with Crippen molar-refractivity contribution in [1.29, 1.82) is 0 Å². The highest BCUT2D eigenvalue weighted by Gasteiger charge is 2.25. The quantitative estimate of drug-likeness (QED) is 0.595. The molecule has 8 nitrogen and oxygen atoms in total. The van der Waals surface area contributed by atoms with E-state index in [0.717, 1.165) is 24.3 Å². The standard InChI is InChI=1S/C16H16N2O6S/c1-11(19)16(12-3-7-14(24-2)8-4-12)17-25(22,23)15-9-5-13(6-10-15)18(20)21/h3-10,16-17H,1-2H3/t16-/m0/s1. The van der Waals surface area contributed by atoms with Gasteiger partial charge in [-0.15, -0.1) is 0 Å². The van der Waals surface area contributed by atoms with Gasteiger partial charge in [0.2, 0.25) is 10.0 Å². The number of carbonyl (C=O) groups excluding carboxylic acids is 1. The number of rotatable bonds is 7. The SMILES string of the molecule is COc1ccc([C@@H](NS(=O)(=O)c2ccc([N+](=O)[O-])cc2)C(C)=O)cc1. The number of nitro groups is 1. The number of ketones is 1. The molecule has 2 aromatic rings. The number of benzene rings is 2. The zero-order chi connectivity index (χ0) is 18.6. The fourth-order valence-electron chi connectivity index (χ4n) is 2.15. The van der Waals surface area contributed by atoms with Crippen molar-refractivity contribution < 1.29 is 22.9 Å². The molecular weight excluding hydrogens is 348 g/mol. The lowest BCUT2D eigenvalue weighted by atomic mass is 10.0. The highest BCUT2D eigenvalue weighted by Crippen LogP contribution is 2.22. The van der Waals surface area contributed by atoms with Crippen LogP contribution in [0.25, 0.3) is 0 Å². The van der Waals surface area contributed by atoms with Gasteiger partial charge in [-0.25, -0.2) is 8.42 Å². The number of hydrogen-bond donors (Lipinski definition) is 1. The Balaban J connectivity index is 2.30. The highest BCUT2D eigenvalue weighted by atomic mass is 32.2. The zero-order valence-corrected chi connectivity index (χ0v) is 14.3. The topological polar surface area (TPSA) is 116 Å². The van der Waals surface area contributed by atoms with Crippen molar-refractivity contribution in [3.8, 4) is 5.75 Å². The summed E-state index contributed by atoms with van der Waals surface area (Å²) in [6.45, 7) is 1.27. The van der Waals surface area contributed by atoms with Gasteiger partial charge in [-0.05, 0) is 36.8 Å². The summed E-state index contributed by atoms with van der Waals surface area (Å²) in [4.78, 5) is 21.8. The maximum Gasteiger partial charge on any atom is 0.269 e. The Hall–Kier alpha value is -2.78. The predicted molar refractivity (Wildman–Crippen MR) is 89.8 cm³/mol. The number of non-ortho nitro benzene ring substituents is 1. The van der Waals surface area contributed by atoms with Crippen LogP contribution in [-0.2, 0) is 14.8 Å². The van der Waals surface area contributed by atoms with E-state index in [2.05, 4.69) is 4.72 Å². The number of Topliss-reactive ketones (excluding diaryl/α,β-unsaturated/α-hetero) is 1. The van der Waals surface area contributed by atoms with Crippen LogP contribution in [0.1, 0.15) is 18.5 Å². The van der Waals surface area contributed by atoms with Crippen LogP contribution in [-0.4, -0.2) is 26.2 Å². The van der Waals surface area contributed by atoms with Gasteiger partial charge in [0.1, 0.15) is 11.8 Å². The van der Waals surface area contributed by atoms with E-state index in [4.69, 9.17) is 4.74 Å². The molecule has 0 radical (unpaired) electrons. The third kappa shape index (κ3) is 4.40. The van der Waals surface area contributed by atoms with Gasteiger partial charge in [0.15, 0.2) is 5.78 Å². The summed E-state index contributed by atoms with van der Waals surface area (Å²) in [6, 6.07) is 9.74. The molecule has 0 saturated carbocycles. The molecule has 0 aliphatic heterocycles. The summed E-state index contributed by atoms with van der Waals surface area (Å²) < 4.78 is 32.3. The lowest BCUT2D eigenvalue weighted by Gasteiger charge is -2.17. The van der Waals surface area contributed by atoms with E-state index in [-0.39, 0.29) is 10.6 Å². The number of nitro benzene ring substituents is 1. The summed E-state index contributed by atoms with van der Waals surface area (Å²) in [7, 11) is -2.54. The Morgan fingerprint density at radius 2 is 1.68 bits per heavy atom. The molecule has 1 atom stereocenters. The first-order valence-corrected chi connectivity index (χ1v) is 8.64. The van der Waals surface area contributed by atoms with Gasteiger partial charge >= 0.3 is 0 Å². The molecule has 0 aliphatic rings. The molecule has 0 saturated heterocycles. The molecule has 0 fully saturated rings. The van der Waals surface area contributed by atoms with E-state index in [1.165, 1.54) is 14.0 Å². The normalized spacial score (nSPS) is 12.4. The van der Waals surface area contributed by atoms with Crippen LogP contribution in [0.15, 0.2) is 53.4 Å². The van der Waals surface area contributed by atoms with Gasteiger partial charge in [0.05, 0.1) is 16.9 Å². The molecule has 0 aromatic heterocycles. The molecule has 2 rings (SSSR count). The summed E-state index contributed by atoms with van der Waals surface area (Å²) in [6.07, 6.45) is 0. The number of nitrogens with zero attached hydrogens (tertiary/aromatic N) is 1. The Morgan fingerprint density at radius 1 is 1.12 bits per heavy atom. The Bertz CT molecular complexity index is 876. The second kappa shape index (κ2) is 7.41. The monoisotopic (exact) mass is 364 g/mol. The molecule has 0 heterocycles. The zero-order valence-electron chi connectivity index (χ0n) is 13.5. The lowest BCUT2D eigenvalue weighted by Crippen LogP contribution is -2.32. The van der Waals surface area contributed by atoms with Crippen molar-refractivity contribution in [2.75, 3.05) is 7.11 Å². The van der Waals surface area contributed by atoms with Crippen LogP contribution in [0.2, 0.25) is 0 Å². The Labute approximate surface area is 144 Å². The van der Waals surface area contributed by atoms with E-state index in [0.29, 0.717) is 11.3 Å². The molecule has 0 bridgehead atoms. The largest absolute Gasteiger partial charge is 0.497 e. The first kappa shape index (κ1) is 18.6. The fraction of sp³-hybridized carbons (Fsp3) is 0.188. The number of sulfonamides is 1. The Morgan fingerprint density at radius 3 is 2.12 bits per heavy atom. The van der Waals surface area contributed by atoms with Gasteiger partial charge in [-0.1, -0.05) is 12.1 Å². The highest BCUT2D eigenvalue weighted by molar-refractivity contribution is 7.89. The van der Waals surface area contributed by atoms with Gasteiger partial charge in [-0.3, -0.25) is 14.9 Å². The maximum atomic E-state index is 12.5. The molecule has 0 amide bonds. The number of hydrogen-bond acceptors (Lipinski definition) is 6. The number of ether oxygens (including phenoxy) is 1. The predicted octanol–water partition coefficient (Wildman–Crippen LogP) is 2.21. The fourth-order valence-corrected chi connectivity index (χ4v) is 3.40. The van der Waals surface area contributed by atoms with Gasteiger partial charge in [-0.2, -0.15) is 4.72 Å². The number of nitrogens with one attached hydrogen (secondary N) is 1. The minimum absolute atomic E-state index is 0.169. The maximum absolute atomic E-state index is 12.5. The van der Waals surface area contributed by atoms with E-state index < -0.39 is 26.8 Å².